The van der Waals surface area contributed by atoms with E-state index in [4.69, 9.17) is 5.11 Å². The maximum absolute atomic E-state index is 11.5. The van der Waals surface area contributed by atoms with Crippen molar-refractivity contribution in [2.24, 2.45) is 11.8 Å². The van der Waals surface area contributed by atoms with Crippen LogP contribution in [0, 0.1) is 11.8 Å². The molecule has 9 heteroatoms. The zero-order valence-corrected chi connectivity index (χ0v) is 29.2. The van der Waals surface area contributed by atoms with Crippen LogP contribution in [-0.2, 0) is 54.6 Å². The molecule has 0 radical (unpaired) electrons. The molecule has 0 saturated carbocycles. The van der Waals surface area contributed by atoms with Crippen molar-refractivity contribution in [1.29, 1.82) is 0 Å². The van der Waals surface area contributed by atoms with Crippen molar-refractivity contribution in [2.45, 2.75) is 116 Å². The standard InChI is InChI=1S/C19H27NO3.C12H14O4.C7H15N/c1-14-5-4-6-15(2)20(14)12-17-9-7-16(8-10-17)11-18(13-21)19(22)23-3;1-16-12(15)11(8-14)6-9-2-4-10(7-13)5-3-9;1-6-4-3-5-7(2)8-6/h7-10,13-15,18H,4-6,11-12H2,1-3H3;2-5,8,11,13H,6-7H2,1H3;6-8H,3-5H2,1-2H3/t14-,15+,18?;;6-,7+. The smallest absolute Gasteiger partial charge is 0.316 e. The molecule has 2 fully saturated rings. The van der Waals surface area contributed by atoms with E-state index in [0.29, 0.717) is 37.5 Å². The van der Waals surface area contributed by atoms with Gasteiger partial charge in [-0.15, -0.1) is 0 Å². The van der Waals surface area contributed by atoms with Gasteiger partial charge in [0.25, 0.3) is 0 Å². The monoisotopic (exact) mass is 652 g/mol. The lowest BCUT2D eigenvalue weighted by atomic mass is 9.96. The van der Waals surface area contributed by atoms with E-state index in [2.05, 4.69) is 59.5 Å². The van der Waals surface area contributed by atoms with Crippen LogP contribution in [0.2, 0.25) is 0 Å². The Morgan fingerprint density at radius 2 is 1.11 bits per heavy atom. The Balaban J connectivity index is 0.000000275. The fraction of sp³-hybridized carbons (Fsp3) is 0.579. The van der Waals surface area contributed by atoms with Gasteiger partial charge in [0.2, 0.25) is 0 Å². The minimum absolute atomic E-state index is 0.0195. The molecule has 2 heterocycles. The molecule has 2 aliphatic heterocycles. The first kappa shape index (κ1) is 39.8. The highest BCUT2D eigenvalue weighted by Crippen LogP contribution is 2.25. The highest BCUT2D eigenvalue weighted by Gasteiger charge is 2.25. The molecule has 0 bridgehead atoms. The number of ether oxygens (including phenoxy) is 2. The fourth-order valence-electron chi connectivity index (χ4n) is 6.13. The van der Waals surface area contributed by atoms with Gasteiger partial charge in [-0.25, -0.2) is 0 Å². The Morgan fingerprint density at radius 3 is 1.45 bits per heavy atom. The molecule has 0 spiro atoms. The van der Waals surface area contributed by atoms with Gasteiger partial charge >= 0.3 is 11.9 Å². The zero-order valence-electron chi connectivity index (χ0n) is 29.2. The topological polar surface area (TPSA) is 122 Å². The third-order valence-electron chi connectivity index (χ3n) is 9.06. The van der Waals surface area contributed by atoms with Crippen LogP contribution in [-0.4, -0.2) is 72.9 Å². The maximum atomic E-state index is 11.5. The number of hydrogen-bond acceptors (Lipinski definition) is 9. The minimum atomic E-state index is -0.759. The van der Waals surface area contributed by atoms with Gasteiger partial charge in [0.05, 0.1) is 20.8 Å². The van der Waals surface area contributed by atoms with Gasteiger partial charge < -0.3 is 29.5 Å². The highest BCUT2D eigenvalue weighted by molar-refractivity contribution is 5.88. The van der Waals surface area contributed by atoms with E-state index in [1.807, 2.05) is 12.1 Å². The number of benzene rings is 2. The van der Waals surface area contributed by atoms with E-state index in [1.54, 1.807) is 24.3 Å². The molecule has 47 heavy (non-hydrogen) atoms. The van der Waals surface area contributed by atoms with Crippen molar-refractivity contribution in [1.82, 2.24) is 10.2 Å². The number of rotatable bonds is 11. The molecule has 2 aliphatic rings. The molecule has 2 N–H and O–H groups in total. The average molecular weight is 653 g/mol. The molecular formula is C38H56N2O7. The Bertz CT molecular complexity index is 1200. The summed E-state index contributed by atoms with van der Waals surface area (Å²) in [6.45, 7) is 10.1. The predicted octanol–water partition coefficient (Wildman–Crippen LogP) is 5.23. The molecule has 0 aromatic heterocycles. The van der Waals surface area contributed by atoms with Gasteiger partial charge in [0.15, 0.2) is 0 Å². The van der Waals surface area contributed by atoms with E-state index >= 15 is 0 Å². The van der Waals surface area contributed by atoms with Crippen LogP contribution in [0.4, 0.5) is 0 Å². The van der Waals surface area contributed by atoms with Crippen molar-refractivity contribution in [2.75, 3.05) is 14.2 Å². The molecule has 9 nitrogen and oxygen atoms in total. The molecule has 0 amide bonds. The molecule has 4 rings (SSSR count). The Hall–Kier alpha value is -3.40. The first-order valence-electron chi connectivity index (χ1n) is 16.9. The molecule has 0 aliphatic carbocycles. The first-order valence-corrected chi connectivity index (χ1v) is 16.9. The largest absolute Gasteiger partial charge is 0.468 e. The van der Waals surface area contributed by atoms with E-state index < -0.39 is 23.8 Å². The van der Waals surface area contributed by atoms with Crippen LogP contribution in [0.15, 0.2) is 48.5 Å². The minimum Gasteiger partial charge on any atom is -0.468 e. The number of aliphatic hydroxyl groups is 1. The average Bonchev–Trinajstić information content (AvgIpc) is 3.08. The predicted molar refractivity (Wildman–Crippen MR) is 184 cm³/mol. The number of carbonyl (C=O) groups excluding carboxylic acids is 4. The van der Waals surface area contributed by atoms with Gasteiger partial charge in [-0.05, 0) is 88.5 Å². The number of nitrogens with zero attached hydrogens (tertiary/aromatic N) is 1. The molecule has 2 saturated heterocycles. The Morgan fingerprint density at radius 1 is 0.723 bits per heavy atom. The van der Waals surface area contributed by atoms with Crippen molar-refractivity contribution >= 4 is 24.5 Å². The lowest BCUT2D eigenvalue weighted by Gasteiger charge is -2.39. The number of nitrogens with one attached hydrogen (secondary N) is 1. The van der Waals surface area contributed by atoms with Gasteiger partial charge in [0, 0.05) is 30.7 Å². The third-order valence-corrected chi connectivity index (χ3v) is 9.06. The third kappa shape index (κ3) is 14.1. The number of esters is 2. The maximum Gasteiger partial charge on any atom is 0.316 e. The van der Waals surface area contributed by atoms with E-state index in [0.717, 1.165) is 35.3 Å². The molecule has 2 aromatic carbocycles. The van der Waals surface area contributed by atoms with Crippen molar-refractivity contribution in [3.63, 3.8) is 0 Å². The molecule has 2 unspecified atom stereocenters. The van der Waals surface area contributed by atoms with E-state index in [9.17, 15) is 19.2 Å². The molecule has 260 valence electrons. The lowest BCUT2D eigenvalue weighted by Crippen LogP contribution is -2.42. The number of hydrogen-bond donors (Lipinski definition) is 2. The van der Waals surface area contributed by atoms with E-state index in [-0.39, 0.29) is 6.61 Å². The van der Waals surface area contributed by atoms with Gasteiger partial charge in [0.1, 0.15) is 24.4 Å². The Labute approximate surface area is 281 Å². The first-order chi connectivity index (χ1) is 22.5. The van der Waals surface area contributed by atoms with E-state index in [1.165, 1.54) is 58.3 Å². The molecule has 2 aromatic rings. The molecular weight excluding hydrogens is 596 g/mol. The quantitative estimate of drug-likeness (QED) is 0.191. The van der Waals surface area contributed by atoms with Crippen molar-refractivity contribution < 1.29 is 33.8 Å². The number of aliphatic hydroxyl groups excluding tert-OH is 1. The van der Waals surface area contributed by atoms with Crippen molar-refractivity contribution in [3.05, 3.63) is 70.8 Å². The summed E-state index contributed by atoms with van der Waals surface area (Å²) in [6, 6.07) is 18.1. The fourth-order valence-corrected chi connectivity index (χ4v) is 6.13. The van der Waals surface area contributed by atoms with Crippen molar-refractivity contribution in [3.8, 4) is 0 Å². The summed E-state index contributed by atoms with van der Waals surface area (Å²) >= 11 is 0. The summed E-state index contributed by atoms with van der Waals surface area (Å²) in [5.41, 5.74) is 3.91. The van der Waals surface area contributed by atoms with Crippen LogP contribution in [0.3, 0.4) is 0 Å². The second-order valence-corrected chi connectivity index (χ2v) is 12.9. The van der Waals surface area contributed by atoms with Crippen LogP contribution in [0.5, 0.6) is 0 Å². The summed E-state index contributed by atoms with van der Waals surface area (Å²) < 4.78 is 9.16. The number of methoxy groups -OCH3 is 2. The summed E-state index contributed by atoms with van der Waals surface area (Å²) in [5, 5.41) is 12.3. The highest BCUT2D eigenvalue weighted by atomic mass is 16.5. The van der Waals surface area contributed by atoms with Crippen LogP contribution in [0.25, 0.3) is 0 Å². The van der Waals surface area contributed by atoms with Gasteiger partial charge in [-0.3, -0.25) is 14.5 Å². The zero-order chi connectivity index (χ0) is 34.8. The normalized spacial score (nSPS) is 22.2. The lowest BCUT2D eigenvalue weighted by molar-refractivity contribution is -0.148. The summed E-state index contributed by atoms with van der Waals surface area (Å²) in [6.07, 6.45) is 9.96. The van der Waals surface area contributed by atoms with Gasteiger partial charge in [-0.1, -0.05) is 61.4 Å². The second kappa shape index (κ2) is 21.5. The summed E-state index contributed by atoms with van der Waals surface area (Å²) in [5.74, 6) is -2.47. The SMILES string of the molecule is COC(=O)C(C=O)Cc1ccc(CN2[C@H](C)CCC[C@@H]2C)cc1.COC(=O)C(C=O)Cc1ccc(CO)cc1.C[C@@H]1CCC[C@H](C)N1. The second-order valence-electron chi connectivity index (χ2n) is 12.9. The number of aldehydes is 2. The summed E-state index contributed by atoms with van der Waals surface area (Å²) in [7, 11) is 2.57. The van der Waals surface area contributed by atoms with Gasteiger partial charge in [-0.2, -0.15) is 0 Å². The number of carbonyl (C=O) groups is 4. The Kier molecular flexibility index (Phi) is 18.2. The summed E-state index contributed by atoms with van der Waals surface area (Å²) in [4.78, 5) is 46.9. The van der Waals surface area contributed by atoms with Crippen LogP contribution in [0.1, 0.15) is 88.5 Å². The van der Waals surface area contributed by atoms with Crippen LogP contribution >= 0.6 is 0 Å². The van der Waals surface area contributed by atoms with Crippen LogP contribution < -0.4 is 5.32 Å². The molecule has 6 atom stereocenters. The number of piperidine rings is 2. The number of likely N-dealkylation sites (tertiary alicyclic amines) is 1.